The molecule has 2 aromatic heterocycles. The van der Waals surface area contributed by atoms with Crippen molar-refractivity contribution in [2.24, 2.45) is 0 Å². The lowest BCUT2D eigenvalue weighted by Gasteiger charge is -2.21. The molecule has 1 atom stereocenters. The molecule has 9 nitrogen and oxygen atoms in total. The summed E-state index contributed by atoms with van der Waals surface area (Å²) in [6.45, 7) is 1.58. The van der Waals surface area contributed by atoms with Gasteiger partial charge in [-0.15, -0.1) is 0 Å². The number of nitrogens with one attached hydrogen (secondary N) is 1. The number of hydrogen-bond acceptors (Lipinski definition) is 8. The summed E-state index contributed by atoms with van der Waals surface area (Å²) in [6.07, 6.45) is 0. The SMILES string of the molecule is CC(Nc1nc(N)nc(N)c1C#N)c1nc2c(Cl)ccc(Cl)c2c(=O)n1-c1cc(F)cc(F)c1. The smallest absolute Gasteiger partial charge is 0.267 e. The van der Waals surface area contributed by atoms with Crippen molar-refractivity contribution in [1.29, 1.82) is 5.26 Å². The molecule has 2 heterocycles. The number of aromatic nitrogens is 4. The van der Waals surface area contributed by atoms with E-state index in [0.717, 1.165) is 16.7 Å². The lowest BCUT2D eigenvalue weighted by molar-refractivity contribution is 0.579. The highest BCUT2D eigenvalue weighted by molar-refractivity contribution is 6.39. The maximum atomic E-state index is 14.1. The predicted octanol–water partition coefficient (Wildman–Crippen LogP) is 3.97. The molecule has 2 aromatic carbocycles. The molecule has 0 aliphatic heterocycles. The van der Waals surface area contributed by atoms with Crippen LogP contribution in [0.1, 0.15) is 24.4 Å². The van der Waals surface area contributed by atoms with E-state index in [2.05, 4.69) is 20.3 Å². The van der Waals surface area contributed by atoms with E-state index in [-0.39, 0.29) is 55.6 Å². The fourth-order valence-corrected chi connectivity index (χ4v) is 3.86. The summed E-state index contributed by atoms with van der Waals surface area (Å²) >= 11 is 12.5. The van der Waals surface area contributed by atoms with Gasteiger partial charge in [0.1, 0.15) is 34.9 Å². The van der Waals surface area contributed by atoms with Crippen molar-refractivity contribution >= 4 is 51.7 Å². The standard InChI is InChI=1S/C21H14Cl2F2N8O/c1-8(29-18-12(7-26)17(27)31-21(28)32-18)19-30-16-14(23)3-2-13(22)15(16)20(34)33(19)11-5-9(24)4-10(25)6-11/h2-6,8H,1H3,(H5,27,28,29,31,32). The molecule has 34 heavy (non-hydrogen) atoms. The molecule has 0 fully saturated rings. The molecule has 172 valence electrons. The second kappa shape index (κ2) is 8.74. The lowest BCUT2D eigenvalue weighted by atomic mass is 10.2. The van der Waals surface area contributed by atoms with Crippen LogP contribution in [0.15, 0.2) is 35.1 Å². The highest BCUT2D eigenvalue weighted by Crippen LogP contribution is 2.30. The summed E-state index contributed by atoms with van der Waals surface area (Å²) < 4.78 is 29.1. The highest BCUT2D eigenvalue weighted by Gasteiger charge is 2.23. The van der Waals surface area contributed by atoms with Crippen LogP contribution in [0.4, 0.5) is 26.4 Å². The Bertz CT molecular complexity index is 1550. The van der Waals surface area contributed by atoms with Crippen LogP contribution in [0.25, 0.3) is 16.6 Å². The summed E-state index contributed by atoms with van der Waals surface area (Å²) in [5.74, 6) is -2.20. The third-order valence-corrected chi connectivity index (χ3v) is 5.48. The van der Waals surface area contributed by atoms with Crippen molar-refractivity contribution in [3.05, 3.63) is 73.8 Å². The first-order valence-electron chi connectivity index (χ1n) is 9.57. The Morgan fingerprint density at radius 1 is 1.09 bits per heavy atom. The Kier molecular flexibility index (Phi) is 5.95. The van der Waals surface area contributed by atoms with Crippen molar-refractivity contribution in [3.63, 3.8) is 0 Å². The molecule has 13 heteroatoms. The van der Waals surface area contributed by atoms with Crippen LogP contribution in [-0.2, 0) is 0 Å². The zero-order valence-electron chi connectivity index (χ0n) is 17.3. The van der Waals surface area contributed by atoms with Crippen LogP contribution in [0.2, 0.25) is 10.0 Å². The zero-order valence-corrected chi connectivity index (χ0v) is 18.8. The maximum absolute atomic E-state index is 14.1. The Labute approximate surface area is 200 Å². The van der Waals surface area contributed by atoms with E-state index < -0.39 is 23.2 Å². The molecule has 0 bridgehead atoms. The monoisotopic (exact) mass is 502 g/mol. The number of nitrogens with two attached hydrogens (primary N) is 2. The van der Waals surface area contributed by atoms with Crippen LogP contribution in [0.5, 0.6) is 0 Å². The van der Waals surface area contributed by atoms with Crippen LogP contribution < -0.4 is 22.3 Å². The Balaban J connectivity index is 2.01. The fraction of sp³-hybridized carbons (Fsp3) is 0.0952. The number of nitrogen functional groups attached to an aromatic ring is 2. The van der Waals surface area contributed by atoms with E-state index in [9.17, 15) is 18.8 Å². The van der Waals surface area contributed by atoms with Gasteiger partial charge in [-0.25, -0.2) is 13.8 Å². The minimum Gasteiger partial charge on any atom is -0.382 e. The molecule has 0 saturated carbocycles. The largest absolute Gasteiger partial charge is 0.382 e. The maximum Gasteiger partial charge on any atom is 0.267 e. The molecule has 1 unspecified atom stereocenters. The second-order valence-corrected chi connectivity index (χ2v) is 7.97. The van der Waals surface area contributed by atoms with E-state index in [4.69, 9.17) is 34.7 Å². The number of nitriles is 1. The summed E-state index contributed by atoms with van der Waals surface area (Å²) in [4.78, 5) is 25.7. The van der Waals surface area contributed by atoms with E-state index in [0.29, 0.717) is 6.07 Å². The lowest BCUT2D eigenvalue weighted by Crippen LogP contribution is -2.28. The minimum atomic E-state index is -0.908. The highest BCUT2D eigenvalue weighted by atomic mass is 35.5. The van der Waals surface area contributed by atoms with Crippen LogP contribution in [0, 0.1) is 23.0 Å². The molecule has 4 aromatic rings. The van der Waals surface area contributed by atoms with Crippen molar-refractivity contribution in [1.82, 2.24) is 19.5 Å². The third-order valence-electron chi connectivity index (χ3n) is 4.86. The van der Waals surface area contributed by atoms with E-state index >= 15 is 0 Å². The minimum absolute atomic E-state index is 0.00804. The number of benzene rings is 2. The molecule has 0 aliphatic carbocycles. The Morgan fingerprint density at radius 2 is 1.74 bits per heavy atom. The Hall–Kier alpha value is -4.01. The van der Waals surface area contributed by atoms with Gasteiger partial charge in [-0.3, -0.25) is 9.36 Å². The molecule has 0 saturated heterocycles. The van der Waals surface area contributed by atoms with E-state index in [1.54, 1.807) is 6.92 Å². The number of rotatable bonds is 4. The first-order chi connectivity index (χ1) is 16.1. The van der Waals surface area contributed by atoms with Crippen molar-refractivity contribution in [2.75, 3.05) is 16.8 Å². The first kappa shape index (κ1) is 23.2. The zero-order chi connectivity index (χ0) is 24.7. The Morgan fingerprint density at radius 3 is 2.38 bits per heavy atom. The van der Waals surface area contributed by atoms with Gasteiger partial charge in [0.2, 0.25) is 5.95 Å². The van der Waals surface area contributed by atoms with Gasteiger partial charge in [0.25, 0.3) is 5.56 Å². The number of halogens is 4. The summed E-state index contributed by atoms with van der Waals surface area (Å²) in [5.41, 5.74) is 10.5. The first-order valence-corrected chi connectivity index (χ1v) is 10.3. The van der Waals surface area contributed by atoms with Gasteiger partial charge in [0.05, 0.1) is 32.7 Å². The molecule has 0 radical (unpaired) electrons. The van der Waals surface area contributed by atoms with E-state index in [1.807, 2.05) is 6.07 Å². The van der Waals surface area contributed by atoms with Crippen molar-refractivity contribution < 1.29 is 8.78 Å². The molecule has 0 amide bonds. The number of fused-ring (bicyclic) bond motifs is 1. The van der Waals surface area contributed by atoms with Gasteiger partial charge in [-0.1, -0.05) is 23.2 Å². The van der Waals surface area contributed by atoms with Gasteiger partial charge < -0.3 is 16.8 Å². The van der Waals surface area contributed by atoms with Gasteiger partial charge in [-0.05, 0) is 31.2 Å². The van der Waals surface area contributed by atoms with E-state index in [1.165, 1.54) is 12.1 Å². The number of nitrogens with zero attached hydrogens (tertiary/aromatic N) is 5. The summed E-state index contributed by atoms with van der Waals surface area (Å²) in [5, 5.41) is 12.5. The topological polar surface area (TPSA) is 149 Å². The molecule has 4 rings (SSSR count). The van der Waals surface area contributed by atoms with Gasteiger partial charge in [-0.2, -0.15) is 15.2 Å². The quantitative estimate of drug-likeness (QED) is 0.379. The predicted molar refractivity (Wildman–Crippen MR) is 125 cm³/mol. The molecular formula is C21H14Cl2F2N8O. The van der Waals surface area contributed by atoms with Crippen molar-refractivity contribution in [2.45, 2.75) is 13.0 Å². The second-order valence-electron chi connectivity index (χ2n) is 7.16. The van der Waals surface area contributed by atoms with Crippen LogP contribution in [0.3, 0.4) is 0 Å². The number of anilines is 3. The van der Waals surface area contributed by atoms with Gasteiger partial charge >= 0.3 is 0 Å². The summed E-state index contributed by atoms with van der Waals surface area (Å²) in [6, 6.07) is 6.48. The van der Waals surface area contributed by atoms with Crippen LogP contribution in [-0.4, -0.2) is 19.5 Å². The molecule has 0 aliphatic rings. The summed E-state index contributed by atoms with van der Waals surface area (Å²) in [7, 11) is 0. The molecular weight excluding hydrogens is 489 g/mol. The third kappa shape index (κ3) is 4.05. The van der Waals surface area contributed by atoms with Gasteiger partial charge in [0.15, 0.2) is 5.82 Å². The average molecular weight is 503 g/mol. The van der Waals surface area contributed by atoms with Gasteiger partial charge in [0, 0.05) is 6.07 Å². The average Bonchev–Trinajstić information content (AvgIpc) is 2.74. The van der Waals surface area contributed by atoms with Crippen molar-refractivity contribution in [3.8, 4) is 11.8 Å². The normalized spacial score (nSPS) is 11.9. The number of hydrogen-bond donors (Lipinski definition) is 3. The molecule has 5 N–H and O–H groups in total. The fourth-order valence-electron chi connectivity index (χ4n) is 3.42. The van der Waals surface area contributed by atoms with Crippen LogP contribution >= 0.6 is 23.2 Å². The molecule has 0 spiro atoms.